The highest BCUT2D eigenvalue weighted by Gasteiger charge is 2.18. The Morgan fingerprint density at radius 1 is 1.03 bits per heavy atom. The van der Waals surface area contributed by atoms with Crippen molar-refractivity contribution < 1.29 is 9.15 Å². The summed E-state index contributed by atoms with van der Waals surface area (Å²) in [6.07, 6.45) is 0.953. The molecule has 194 valence electrons. The third-order valence-electron chi connectivity index (χ3n) is 7.24. The van der Waals surface area contributed by atoms with Gasteiger partial charge in [0.1, 0.15) is 11.3 Å². The molecule has 3 aromatic rings. The Morgan fingerprint density at radius 2 is 1.75 bits per heavy atom. The molecule has 7 heteroatoms. The van der Waals surface area contributed by atoms with Gasteiger partial charge in [-0.2, -0.15) is 0 Å². The molecule has 0 saturated carbocycles. The van der Waals surface area contributed by atoms with Crippen LogP contribution in [-0.2, 0) is 13.1 Å². The van der Waals surface area contributed by atoms with Crippen molar-refractivity contribution in [2.24, 2.45) is 0 Å². The molecule has 1 saturated heterocycles. The van der Waals surface area contributed by atoms with Gasteiger partial charge in [-0.3, -0.25) is 9.80 Å². The Hall–Kier alpha value is -2.38. The van der Waals surface area contributed by atoms with Crippen molar-refractivity contribution >= 4 is 22.6 Å². The lowest BCUT2D eigenvalue weighted by molar-refractivity contribution is 0.121. The van der Waals surface area contributed by atoms with E-state index < -0.39 is 0 Å². The predicted molar refractivity (Wildman–Crippen MR) is 147 cm³/mol. The lowest BCUT2D eigenvalue weighted by atomic mass is 10.1. The largest absolute Gasteiger partial charge is 0.493 e. The zero-order valence-corrected chi connectivity index (χ0v) is 22.5. The number of halogens is 1. The fourth-order valence-corrected chi connectivity index (χ4v) is 5.03. The highest BCUT2D eigenvalue weighted by molar-refractivity contribution is 6.31. The standard InChI is InChI=1S/C29H38ClN3O3/c1-4-31(5-2)21-26-22(3)25-12-11-24(19-28(25)36-29(26)34)35-18-8-13-32-14-16-33(17-15-32)20-23-9-6-7-10-27(23)30/h6-7,9-12,19H,4-5,8,13-18,20-21H2,1-3H3. The predicted octanol–water partition coefficient (Wildman–Crippen LogP) is 5.18. The molecule has 0 radical (unpaired) electrons. The van der Waals surface area contributed by atoms with Crippen molar-refractivity contribution in [2.45, 2.75) is 40.3 Å². The van der Waals surface area contributed by atoms with Crippen LogP contribution in [0, 0.1) is 6.92 Å². The quantitative estimate of drug-likeness (QED) is 0.261. The fourth-order valence-electron chi connectivity index (χ4n) is 4.83. The van der Waals surface area contributed by atoms with E-state index in [9.17, 15) is 4.79 Å². The van der Waals surface area contributed by atoms with E-state index >= 15 is 0 Å². The number of benzene rings is 2. The number of nitrogens with zero attached hydrogens (tertiary/aromatic N) is 3. The van der Waals surface area contributed by atoms with Crippen LogP contribution in [0.1, 0.15) is 37.0 Å². The topological polar surface area (TPSA) is 49.2 Å². The van der Waals surface area contributed by atoms with E-state index in [4.69, 9.17) is 20.8 Å². The normalized spacial score (nSPS) is 15.1. The summed E-state index contributed by atoms with van der Waals surface area (Å²) in [6, 6.07) is 13.9. The van der Waals surface area contributed by atoms with Crippen LogP contribution in [0.5, 0.6) is 5.75 Å². The Morgan fingerprint density at radius 3 is 2.47 bits per heavy atom. The molecule has 0 amide bonds. The number of aryl methyl sites for hydroxylation is 1. The minimum atomic E-state index is -0.252. The zero-order chi connectivity index (χ0) is 25.5. The minimum Gasteiger partial charge on any atom is -0.493 e. The van der Waals surface area contributed by atoms with Crippen LogP contribution in [0.2, 0.25) is 5.02 Å². The second kappa shape index (κ2) is 12.7. The summed E-state index contributed by atoms with van der Waals surface area (Å²) in [5, 5.41) is 1.82. The van der Waals surface area contributed by atoms with Crippen molar-refractivity contribution in [3.05, 3.63) is 74.6 Å². The fraction of sp³-hybridized carbons (Fsp3) is 0.483. The maximum atomic E-state index is 12.7. The van der Waals surface area contributed by atoms with E-state index in [1.165, 1.54) is 5.56 Å². The van der Waals surface area contributed by atoms with E-state index in [-0.39, 0.29) is 5.63 Å². The summed E-state index contributed by atoms with van der Waals surface area (Å²) in [4.78, 5) is 19.8. The van der Waals surface area contributed by atoms with Gasteiger partial charge in [-0.25, -0.2) is 4.79 Å². The molecule has 1 aromatic heterocycles. The maximum Gasteiger partial charge on any atom is 0.341 e. The average Bonchev–Trinajstić information content (AvgIpc) is 2.89. The number of piperazine rings is 1. The monoisotopic (exact) mass is 511 g/mol. The molecular weight excluding hydrogens is 474 g/mol. The van der Waals surface area contributed by atoms with Gasteiger partial charge in [-0.05, 0) is 55.8 Å². The maximum absolute atomic E-state index is 12.7. The van der Waals surface area contributed by atoms with Crippen LogP contribution in [0.25, 0.3) is 11.0 Å². The number of hydrogen-bond donors (Lipinski definition) is 0. The molecule has 1 aliphatic rings. The molecule has 0 spiro atoms. The van der Waals surface area contributed by atoms with E-state index in [1.807, 2.05) is 43.3 Å². The molecule has 36 heavy (non-hydrogen) atoms. The van der Waals surface area contributed by atoms with E-state index in [2.05, 4.69) is 34.6 Å². The molecule has 0 aliphatic carbocycles. The van der Waals surface area contributed by atoms with Crippen LogP contribution >= 0.6 is 11.6 Å². The molecule has 0 atom stereocenters. The Bertz CT molecular complexity index is 1200. The lowest BCUT2D eigenvalue weighted by Crippen LogP contribution is -2.46. The Balaban J connectivity index is 1.25. The van der Waals surface area contributed by atoms with Crippen molar-refractivity contribution in [1.82, 2.24) is 14.7 Å². The van der Waals surface area contributed by atoms with Gasteiger partial charge < -0.3 is 14.1 Å². The Kier molecular flexibility index (Phi) is 9.43. The highest BCUT2D eigenvalue weighted by Crippen LogP contribution is 2.25. The van der Waals surface area contributed by atoms with Gasteiger partial charge in [0.2, 0.25) is 0 Å². The lowest BCUT2D eigenvalue weighted by Gasteiger charge is -2.34. The third kappa shape index (κ3) is 6.68. The van der Waals surface area contributed by atoms with Crippen LogP contribution in [0.15, 0.2) is 51.7 Å². The molecule has 4 rings (SSSR count). The van der Waals surface area contributed by atoms with E-state index in [0.717, 1.165) is 86.1 Å². The highest BCUT2D eigenvalue weighted by atomic mass is 35.5. The SMILES string of the molecule is CCN(CC)Cc1c(C)c2ccc(OCCCN3CCN(Cc4ccccc4Cl)CC3)cc2oc1=O. The van der Waals surface area contributed by atoms with Crippen LogP contribution in [-0.4, -0.2) is 67.1 Å². The van der Waals surface area contributed by atoms with Crippen molar-refractivity contribution in [1.29, 1.82) is 0 Å². The molecule has 0 N–H and O–H groups in total. The van der Waals surface area contributed by atoms with Gasteiger partial charge in [0.25, 0.3) is 0 Å². The second-order valence-electron chi connectivity index (χ2n) is 9.52. The van der Waals surface area contributed by atoms with Gasteiger partial charge in [0, 0.05) is 62.3 Å². The number of rotatable bonds is 11. The first kappa shape index (κ1) is 26.7. The van der Waals surface area contributed by atoms with Gasteiger partial charge in [0.05, 0.1) is 12.2 Å². The average molecular weight is 512 g/mol. The second-order valence-corrected chi connectivity index (χ2v) is 9.93. The molecule has 6 nitrogen and oxygen atoms in total. The summed E-state index contributed by atoms with van der Waals surface area (Å²) in [7, 11) is 0. The summed E-state index contributed by atoms with van der Waals surface area (Å²) >= 11 is 6.32. The molecule has 2 heterocycles. The van der Waals surface area contributed by atoms with Gasteiger partial charge in [-0.15, -0.1) is 0 Å². The van der Waals surface area contributed by atoms with Crippen LogP contribution in [0.4, 0.5) is 0 Å². The van der Waals surface area contributed by atoms with Gasteiger partial charge in [-0.1, -0.05) is 43.6 Å². The molecular formula is C29H38ClN3O3. The van der Waals surface area contributed by atoms with Gasteiger partial charge in [0.15, 0.2) is 0 Å². The van der Waals surface area contributed by atoms with Crippen molar-refractivity contribution in [3.63, 3.8) is 0 Å². The summed E-state index contributed by atoms with van der Waals surface area (Å²) in [5.74, 6) is 0.742. The van der Waals surface area contributed by atoms with E-state index in [0.29, 0.717) is 18.7 Å². The van der Waals surface area contributed by atoms with Gasteiger partial charge >= 0.3 is 5.63 Å². The molecule has 2 aromatic carbocycles. The third-order valence-corrected chi connectivity index (χ3v) is 7.61. The van der Waals surface area contributed by atoms with Crippen LogP contribution < -0.4 is 10.4 Å². The molecule has 1 aliphatic heterocycles. The molecule has 0 bridgehead atoms. The Labute approximate surface area is 219 Å². The molecule has 1 fully saturated rings. The smallest absolute Gasteiger partial charge is 0.341 e. The summed E-state index contributed by atoms with van der Waals surface area (Å²) in [6.45, 7) is 15.4. The summed E-state index contributed by atoms with van der Waals surface area (Å²) in [5.41, 5.74) is 3.27. The number of fused-ring (bicyclic) bond motifs is 1. The van der Waals surface area contributed by atoms with Crippen LogP contribution in [0.3, 0.4) is 0 Å². The van der Waals surface area contributed by atoms with E-state index in [1.54, 1.807) is 0 Å². The molecule has 0 unspecified atom stereocenters. The van der Waals surface area contributed by atoms with Crippen molar-refractivity contribution in [3.8, 4) is 5.75 Å². The number of hydrogen-bond acceptors (Lipinski definition) is 6. The minimum absolute atomic E-state index is 0.252. The zero-order valence-electron chi connectivity index (χ0n) is 21.8. The number of ether oxygens (including phenoxy) is 1. The first-order valence-electron chi connectivity index (χ1n) is 13.1. The first-order chi connectivity index (χ1) is 17.5. The first-order valence-corrected chi connectivity index (χ1v) is 13.5. The summed E-state index contributed by atoms with van der Waals surface area (Å²) < 4.78 is 11.7. The van der Waals surface area contributed by atoms with Crippen molar-refractivity contribution in [2.75, 3.05) is 52.4 Å².